The smallest absolute Gasteiger partial charge is 0.172 e. The first-order chi connectivity index (χ1) is 5.79. The Morgan fingerprint density at radius 3 is 2.92 bits per heavy atom. The molecule has 4 nitrogen and oxygen atoms in total. The average Bonchev–Trinajstić information content (AvgIpc) is 2.12. The highest BCUT2D eigenvalue weighted by Crippen LogP contribution is 2.21. The fraction of sp³-hybridized carbons (Fsp3) is 0. The predicted octanol–water partition coefficient (Wildman–Crippen LogP) is 1.37. The van der Waals surface area contributed by atoms with E-state index in [9.17, 15) is 0 Å². The standard InChI is InChI=1S/C7H5BrN4/c8-6-4-2-1-3-10-5(4)7(9)12-11-6/h1-3H,(H2,9,12). The molecule has 0 amide bonds. The SMILES string of the molecule is Nc1nnc(Br)c2cccnc12. The van der Waals surface area contributed by atoms with Crippen LogP contribution in [0.5, 0.6) is 0 Å². The van der Waals surface area contributed by atoms with Crippen molar-refractivity contribution in [1.82, 2.24) is 15.2 Å². The van der Waals surface area contributed by atoms with Crippen LogP contribution in [0.3, 0.4) is 0 Å². The molecule has 0 saturated carbocycles. The normalized spacial score (nSPS) is 10.4. The van der Waals surface area contributed by atoms with Crippen molar-refractivity contribution < 1.29 is 0 Å². The van der Waals surface area contributed by atoms with Gasteiger partial charge < -0.3 is 5.73 Å². The number of halogens is 1. The highest BCUT2D eigenvalue weighted by Gasteiger charge is 2.03. The maximum absolute atomic E-state index is 5.57. The third kappa shape index (κ3) is 1.02. The van der Waals surface area contributed by atoms with E-state index in [2.05, 4.69) is 31.1 Å². The number of nitrogens with zero attached hydrogens (tertiary/aromatic N) is 3. The molecule has 2 heterocycles. The number of nitrogens with two attached hydrogens (primary N) is 1. The van der Waals surface area contributed by atoms with Gasteiger partial charge in [0.1, 0.15) is 10.1 Å². The predicted molar refractivity (Wildman–Crippen MR) is 49.4 cm³/mol. The first kappa shape index (κ1) is 7.42. The second-order valence-electron chi connectivity index (χ2n) is 2.28. The van der Waals surface area contributed by atoms with Gasteiger partial charge in [0.05, 0.1) is 0 Å². The Kier molecular flexibility index (Phi) is 1.65. The molecule has 2 aromatic heterocycles. The molecule has 2 N–H and O–H groups in total. The molecule has 0 aliphatic rings. The molecule has 2 rings (SSSR count). The molecule has 0 aliphatic heterocycles. The van der Waals surface area contributed by atoms with Crippen LogP contribution in [-0.4, -0.2) is 15.2 Å². The van der Waals surface area contributed by atoms with Crippen LogP contribution in [0, 0.1) is 0 Å². The van der Waals surface area contributed by atoms with Gasteiger partial charge in [0.15, 0.2) is 5.82 Å². The Morgan fingerprint density at radius 1 is 1.33 bits per heavy atom. The number of hydrogen-bond acceptors (Lipinski definition) is 4. The zero-order valence-electron chi connectivity index (χ0n) is 6.03. The van der Waals surface area contributed by atoms with Crippen molar-refractivity contribution in [3.63, 3.8) is 0 Å². The van der Waals surface area contributed by atoms with E-state index in [-0.39, 0.29) is 0 Å². The lowest BCUT2D eigenvalue weighted by molar-refractivity contribution is 1.03. The summed E-state index contributed by atoms with van der Waals surface area (Å²) in [6, 6.07) is 3.71. The Morgan fingerprint density at radius 2 is 2.17 bits per heavy atom. The molecule has 5 heteroatoms. The summed E-state index contributed by atoms with van der Waals surface area (Å²) < 4.78 is 0.666. The molecule has 0 spiro atoms. The molecule has 0 radical (unpaired) electrons. The number of aromatic nitrogens is 3. The molecule has 60 valence electrons. The first-order valence-electron chi connectivity index (χ1n) is 3.31. The van der Waals surface area contributed by atoms with E-state index in [0.29, 0.717) is 15.9 Å². The molecule has 2 aromatic rings. The number of anilines is 1. The highest BCUT2D eigenvalue weighted by atomic mass is 79.9. The topological polar surface area (TPSA) is 64.7 Å². The number of rotatable bonds is 0. The van der Waals surface area contributed by atoms with Gasteiger partial charge in [-0.15, -0.1) is 10.2 Å². The van der Waals surface area contributed by atoms with E-state index in [4.69, 9.17) is 5.73 Å². The fourth-order valence-corrected chi connectivity index (χ4v) is 1.37. The van der Waals surface area contributed by atoms with Crippen LogP contribution < -0.4 is 5.73 Å². The molecule has 0 saturated heterocycles. The second kappa shape index (κ2) is 2.67. The van der Waals surface area contributed by atoms with E-state index >= 15 is 0 Å². The van der Waals surface area contributed by atoms with Crippen LogP contribution in [0.25, 0.3) is 10.9 Å². The Balaban J connectivity index is 2.95. The first-order valence-corrected chi connectivity index (χ1v) is 4.11. The van der Waals surface area contributed by atoms with Crippen molar-refractivity contribution in [3.05, 3.63) is 22.9 Å². The van der Waals surface area contributed by atoms with Gasteiger partial charge in [-0.2, -0.15) is 0 Å². The van der Waals surface area contributed by atoms with Gasteiger partial charge in [0.2, 0.25) is 0 Å². The molecule has 0 fully saturated rings. The number of pyridine rings is 1. The van der Waals surface area contributed by atoms with Gasteiger partial charge in [-0.05, 0) is 28.1 Å². The van der Waals surface area contributed by atoms with E-state index in [0.717, 1.165) is 5.39 Å². The quantitative estimate of drug-likeness (QED) is 0.735. The third-order valence-electron chi connectivity index (χ3n) is 1.52. The lowest BCUT2D eigenvalue weighted by atomic mass is 10.3. The van der Waals surface area contributed by atoms with Gasteiger partial charge in [-0.1, -0.05) is 0 Å². The van der Waals surface area contributed by atoms with E-state index in [1.807, 2.05) is 12.1 Å². The van der Waals surface area contributed by atoms with E-state index in [1.165, 1.54) is 0 Å². The Labute approximate surface area is 76.9 Å². The number of nitrogen functional groups attached to an aromatic ring is 1. The summed E-state index contributed by atoms with van der Waals surface area (Å²) in [4.78, 5) is 4.08. The minimum absolute atomic E-state index is 0.355. The fourth-order valence-electron chi connectivity index (χ4n) is 0.975. The van der Waals surface area contributed by atoms with Gasteiger partial charge in [-0.25, -0.2) is 0 Å². The summed E-state index contributed by atoms with van der Waals surface area (Å²) in [5.74, 6) is 0.355. The van der Waals surface area contributed by atoms with Crippen molar-refractivity contribution in [1.29, 1.82) is 0 Å². The summed E-state index contributed by atoms with van der Waals surface area (Å²) in [5, 5.41) is 8.41. The van der Waals surface area contributed by atoms with Crippen LogP contribution in [0.4, 0.5) is 5.82 Å². The van der Waals surface area contributed by atoms with Crippen molar-refractivity contribution in [2.45, 2.75) is 0 Å². The third-order valence-corrected chi connectivity index (χ3v) is 2.10. The molecule has 0 aliphatic carbocycles. The van der Waals surface area contributed by atoms with E-state index < -0.39 is 0 Å². The molecular formula is C7H5BrN4. The number of hydrogen-bond donors (Lipinski definition) is 1. The maximum Gasteiger partial charge on any atom is 0.172 e. The Hall–Kier alpha value is -1.23. The minimum atomic E-state index is 0.355. The van der Waals surface area contributed by atoms with Crippen LogP contribution in [-0.2, 0) is 0 Å². The van der Waals surface area contributed by atoms with Crippen LogP contribution in [0.2, 0.25) is 0 Å². The zero-order chi connectivity index (χ0) is 8.55. The summed E-state index contributed by atoms with van der Waals surface area (Å²) in [6.45, 7) is 0. The Bertz CT molecular complexity index is 388. The van der Waals surface area contributed by atoms with E-state index in [1.54, 1.807) is 6.20 Å². The molecule has 0 atom stereocenters. The summed E-state index contributed by atoms with van der Waals surface area (Å²) in [6.07, 6.45) is 1.67. The molecular weight excluding hydrogens is 220 g/mol. The van der Waals surface area contributed by atoms with Crippen molar-refractivity contribution in [2.24, 2.45) is 0 Å². The average molecular weight is 225 g/mol. The lowest BCUT2D eigenvalue weighted by Crippen LogP contribution is -1.96. The molecule has 0 aromatic carbocycles. The summed E-state index contributed by atoms with van der Waals surface area (Å²) in [7, 11) is 0. The maximum atomic E-state index is 5.57. The van der Waals surface area contributed by atoms with Gasteiger partial charge in [0, 0.05) is 11.6 Å². The second-order valence-corrected chi connectivity index (χ2v) is 3.03. The van der Waals surface area contributed by atoms with Crippen molar-refractivity contribution >= 4 is 32.7 Å². The summed E-state index contributed by atoms with van der Waals surface area (Å²) >= 11 is 3.26. The zero-order valence-corrected chi connectivity index (χ0v) is 7.62. The molecule has 0 unspecified atom stereocenters. The summed E-state index contributed by atoms with van der Waals surface area (Å²) in [5.41, 5.74) is 6.25. The number of fused-ring (bicyclic) bond motifs is 1. The van der Waals surface area contributed by atoms with Crippen molar-refractivity contribution in [3.8, 4) is 0 Å². The van der Waals surface area contributed by atoms with Crippen LogP contribution in [0.1, 0.15) is 0 Å². The minimum Gasteiger partial charge on any atom is -0.380 e. The lowest BCUT2D eigenvalue weighted by Gasteiger charge is -1.99. The van der Waals surface area contributed by atoms with Crippen molar-refractivity contribution in [2.75, 3.05) is 5.73 Å². The largest absolute Gasteiger partial charge is 0.380 e. The van der Waals surface area contributed by atoms with Crippen LogP contribution >= 0.6 is 15.9 Å². The molecule has 0 bridgehead atoms. The van der Waals surface area contributed by atoms with Gasteiger partial charge in [-0.3, -0.25) is 4.98 Å². The monoisotopic (exact) mass is 224 g/mol. The van der Waals surface area contributed by atoms with Gasteiger partial charge in [0.25, 0.3) is 0 Å². The molecule has 12 heavy (non-hydrogen) atoms. The van der Waals surface area contributed by atoms with Gasteiger partial charge >= 0.3 is 0 Å². The van der Waals surface area contributed by atoms with Crippen LogP contribution in [0.15, 0.2) is 22.9 Å². The highest BCUT2D eigenvalue weighted by molar-refractivity contribution is 9.10.